The van der Waals surface area contributed by atoms with Crippen molar-refractivity contribution in [2.75, 3.05) is 13.1 Å². The van der Waals surface area contributed by atoms with E-state index >= 15 is 0 Å². The number of hydrogen-bond donors (Lipinski definition) is 4. The van der Waals surface area contributed by atoms with Crippen LogP contribution in [0.5, 0.6) is 0 Å². The summed E-state index contributed by atoms with van der Waals surface area (Å²) in [4.78, 5) is 22.8. The minimum absolute atomic E-state index is 0.130. The second-order valence-corrected chi connectivity index (χ2v) is 4.07. The van der Waals surface area contributed by atoms with Gasteiger partial charge in [-0.15, -0.1) is 0 Å². The molecule has 0 heterocycles. The molecule has 0 aliphatic carbocycles. The van der Waals surface area contributed by atoms with Gasteiger partial charge in [0.25, 0.3) is 0 Å². The number of amidine groups is 1. The molecular formula is C10H20N4O3. The van der Waals surface area contributed by atoms with Gasteiger partial charge >= 0.3 is 0 Å². The molecule has 0 aromatic rings. The number of carbonyl (C=O) groups excluding carboxylic acids is 2. The third-order valence-electron chi connectivity index (χ3n) is 2.33. The van der Waals surface area contributed by atoms with Crippen LogP contribution in [0.15, 0.2) is 5.16 Å². The standard InChI is InChI=1S/C10H20N4O3/c1-4-12-7(15)5-6-13-9(16)10(2,3)8(11)14-17/h17H,4-6H2,1-3H3,(H2,11,14)(H,12,15)(H,13,16). The molecule has 2 amide bonds. The largest absolute Gasteiger partial charge is 0.409 e. The van der Waals surface area contributed by atoms with Crippen molar-refractivity contribution in [1.82, 2.24) is 10.6 Å². The Kier molecular flexibility index (Phi) is 6.01. The minimum atomic E-state index is -1.10. The maximum Gasteiger partial charge on any atom is 0.233 e. The lowest BCUT2D eigenvalue weighted by molar-refractivity contribution is -0.126. The summed E-state index contributed by atoms with van der Waals surface area (Å²) in [6.07, 6.45) is 0.200. The maximum atomic E-state index is 11.7. The average molecular weight is 244 g/mol. The van der Waals surface area contributed by atoms with Crippen LogP contribution in [-0.2, 0) is 9.59 Å². The lowest BCUT2D eigenvalue weighted by Gasteiger charge is -2.21. The number of nitrogens with zero attached hydrogens (tertiary/aromatic N) is 1. The Morgan fingerprint density at radius 1 is 1.35 bits per heavy atom. The fourth-order valence-electron chi connectivity index (χ4n) is 1.04. The Morgan fingerprint density at radius 2 is 1.94 bits per heavy atom. The summed E-state index contributed by atoms with van der Waals surface area (Å²) >= 11 is 0. The van der Waals surface area contributed by atoms with Crippen molar-refractivity contribution in [3.8, 4) is 0 Å². The summed E-state index contributed by atoms with van der Waals surface area (Å²) in [5.41, 5.74) is 4.29. The molecule has 0 bridgehead atoms. The van der Waals surface area contributed by atoms with Crippen molar-refractivity contribution in [1.29, 1.82) is 0 Å². The van der Waals surface area contributed by atoms with E-state index in [1.54, 1.807) is 0 Å². The summed E-state index contributed by atoms with van der Waals surface area (Å²) in [6, 6.07) is 0. The number of hydrogen-bond acceptors (Lipinski definition) is 4. The minimum Gasteiger partial charge on any atom is -0.409 e. The topological polar surface area (TPSA) is 117 Å². The van der Waals surface area contributed by atoms with E-state index in [4.69, 9.17) is 10.9 Å². The predicted molar refractivity (Wildman–Crippen MR) is 63.5 cm³/mol. The SMILES string of the molecule is CCNC(=O)CCNC(=O)C(C)(C)C(N)=NO. The average Bonchev–Trinajstić information content (AvgIpc) is 2.27. The summed E-state index contributed by atoms with van der Waals surface area (Å²) in [5, 5.41) is 16.5. The van der Waals surface area contributed by atoms with E-state index in [1.807, 2.05) is 6.92 Å². The molecule has 17 heavy (non-hydrogen) atoms. The van der Waals surface area contributed by atoms with Gasteiger partial charge in [0, 0.05) is 19.5 Å². The molecule has 0 spiro atoms. The van der Waals surface area contributed by atoms with E-state index in [2.05, 4.69) is 15.8 Å². The van der Waals surface area contributed by atoms with Gasteiger partial charge in [-0.05, 0) is 20.8 Å². The number of amides is 2. The highest BCUT2D eigenvalue weighted by atomic mass is 16.4. The van der Waals surface area contributed by atoms with E-state index in [1.165, 1.54) is 13.8 Å². The molecule has 0 rings (SSSR count). The summed E-state index contributed by atoms with van der Waals surface area (Å²) < 4.78 is 0. The lowest BCUT2D eigenvalue weighted by atomic mass is 9.91. The molecule has 0 saturated carbocycles. The fraction of sp³-hybridized carbons (Fsp3) is 0.700. The highest BCUT2D eigenvalue weighted by molar-refractivity contribution is 6.05. The Balaban J connectivity index is 4.15. The van der Waals surface area contributed by atoms with Crippen LogP contribution in [0.25, 0.3) is 0 Å². The number of nitrogens with one attached hydrogen (secondary N) is 2. The van der Waals surface area contributed by atoms with E-state index < -0.39 is 11.3 Å². The molecule has 0 atom stereocenters. The third kappa shape index (κ3) is 4.71. The van der Waals surface area contributed by atoms with Crippen molar-refractivity contribution in [2.45, 2.75) is 27.2 Å². The first kappa shape index (κ1) is 15.2. The smallest absolute Gasteiger partial charge is 0.233 e. The molecule has 0 aromatic heterocycles. The normalized spacial score (nSPS) is 12.1. The Morgan fingerprint density at radius 3 is 2.41 bits per heavy atom. The molecule has 5 N–H and O–H groups in total. The van der Waals surface area contributed by atoms with E-state index in [0.717, 1.165) is 0 Å². The van der Waals surface area contributed by atoms with Crippen LogP contribution in [0, 0.1) is 5.41 Å². The van der Waals surface area contributed by atoms with Crippen molar-refractivity contribution in [3.63, 3.8) is 0 Å². The molecule has 0 saturated heterocycles. The first-order valence-electron chi connectivity index (χ1n) is 5.39. The van der Waals surface area contributed by atoms with Gasteiger partial charge in [0.15, 0.2) is 5.84 Å². The molecule has 7 heteroatoms. The van der Waals surface area contributed by atoms with E-state index in [9.17, 15) is 9.59 Å². The number of nitrogens with two attached hydrogens (primary N) is 1. The third-order valence-corrected chi connectivity index (χ3v) is 2.33. The molecule has 0 unspecified atom stereocenters. The van der Waals surface area contributed by atoms with Gasteiger partial charge in [-0.3, -0.25) is 9.59 Å². The van der Waals surface area contributed by atoms with E-state index in [-0.39, 0.29) is 24.7 Å². The highest BCUT2D eigenvalue weighted by Crippen LogP contribution is 2.14. The Labute approximate surface area is 100 Å². The van der Waals surface area contributed by atoms with Crippen molar-refractivity contribution in [3.05, 3.63) is 0 Å². The molecular weight excluding hydrogens is 224 g/mol. The highest BCUT2D eigenvalue weighted by Gasteiger charge is 2.32. The Bertz CT molecular complexity index is 313. The number of rotatable bonds is 6. The van der Waals surface area contributed by atoms with Crippen molar-refractivity contribution < 1.29 is 14.8 Å². The zero-order valence-corrected chi connectivity index (χ0v) is 10.4. The lowest BCUT2D eigenvalue weighted by Crippen LogP contribution is -2.46. The summed E-state index contributed by atoms with van der Waals surface area (Å²) in [6.45, 7) is 5.65. The van der Waals surface area contributed by atoms with Crippen LogP contribution >= 0.6 is 0 Å². The molecule has 0 aromatic carbocycles. The second kappa shape index (κ2) is 6.72. The van der Waals surface area contributed by atoms with Gasteiger partial charge in [0.05, 0.1) is 0 Å². The van der Waals surface area contributed by atoms with E-state index in [0.29, 0.717) is 6.54 Å². The summed E-state index contributed by atoms with van der Waals surface area (Å²) in [5.74, 6) is -0.695. The zero-order valence-electron chi connectivity index (χ0n) is 10.4. The molecule has 7 nitrogen and oxygen atoms in total. The van der Waals surface area contributed by atoms with Crippen LogP contribution in [-0.4, -0.2) is 35.9 Å². The number of oxime groups is 1. The molecule has 0 fully saturated rings. The van der Waals surface area contributed by atoms with Gasteiger partial charge in [-0.25, -0.2) is 0 Å². The van der Waals surface area contributed by atoms with Crippen LogP contribution in [0.4, 0.5) is 0 Å². The summed E-state index contributed by atoms with van der Waals surface area (Å²) in [7, 11) is 0. The molecule has 0 aliphatic rings. The quantitative estimate of drug-likeness (QED) is 0.216. The predicted octanol–water partition coefficient (Wildman–Crippen LogP) is -0.599. The molecule has 0 aliphatic heterocycles. The first-order chi connectivity index (χ1) is 7.86. The van der Waals surface area contributed by atoms with Gasteiger partial charge in [0.1, 0.15) is 5.41 Å². The maximum absolute atomic E-state index is 11.7. The number of carbonyl (C=O) groups is 2. The van der Waals surface area contributed by atoms with Gasteiger partial charge in [-0.2, -0.15) is 0 Å². The van der Waals surface area contributed by atoms with Crippen molar-refractivity contribution in [2.24, 2.45) is 16.3 Å². The molecule has 98 valence electrons. The monoisotopic (exact) mass is 244 g/mol. The van der Waals surface area contributed by atoms with Gasteiger partial charge in [0.2, 0.25) is 11.8 Å². The molecule has 0 radical (unpaired) electrons. The van der Waals surface area contributed by atoms with Gasteiger partial charge < -0.3 is 21.6 Å². The van der Waals surface area contributed by atoms with Crippen LogP contribution < -0.4 is 16.4 Å². The van der Waals surface area contributed by atoms with Crippen molar-refractivity contribution >= 4 is 17.6 Å². The fourth-order valence-corrected chi connectivity index (χ4v) is 1.04. The zero-order chi connectivity index (χ0) is 13.5. The van der Waals surface area contributed by atoms with Crippen LogP contribution in [0.2, 0.25) is 0 Å². The van der Waals surface area contributed by atoms with Crippen LogP contribution in [0.3, 0.4) is 0 Å². The van der Waals surface area contributed by atoms with Gasteiger partial charge in [-0.1, -0.05) is 5.16 Å². The van der Waals surface area contributed by atoms with Crippen LogP contribution in [0.1, 0.15) is 27.2 Å². The Hall–Kier alpha value is -1.79. The first-order valence-corrected chi connectivity index (χ1v) is 5.39. The second-order valence-electron chi connectivity index (χ2n) is 4.07.